The van der Waals surface area contributed by atoms with Gasteiger partial charge in [-0.3, -0.25) is 19.4 Å². The molecule has 0 spiro atoms. The van der Waals surface area contributed by atoms with E-state index in [-0.39, 0.29) is 30.1 Å². The molecule has 6 rings (SSSR count). The number of hydrogen-bond acceptors (Lipinski definition) is 6. The molecule has 1 aromatic carbocycles. The molecule has 4 heterocycles. The van der Waals surface area contributed by atoms with Crippen molar-refractivity contribution in [2.24, 2.45) is 5.41 Å². The van der Waals surface area contributed by atoms with E-state index in [0.717, 1.165) is 43.1 Å². The number of ether oxygens (including phenoxy) is 1. The molecular weight excluding hydrogens is 496 g/mol. The number of piperazine rings is 1. The van der Waals surface area contributed by atoms with E-state index in [1.807, 2.05) is 49.1 Å². The molecule has 2 aromatic heterocycles. The lowest BCUT2D eigenvalue weighted by Crippen LogP contribution is -2.59. The van der Waals surface area contributed by atoms with Crippen LogP contribution < -0.4 is 5.32 Å². The number of fused-ring (bicyclic) bond motifs is 1. The van der Waals surface area contributed by atoms with E-state index >= 15 is 0 Å². The minimum Gasteiger partial charge on any atom is -0.356 e. The topological polar surface area (TPSA) is 110 Å². The Morgan fingerprint density at radius 1 is 1.03 bits per heavy atom. The first-order chi connectivity index (χ1) is 18.9. The van der Waals surface area contributed by atoms with E-state index in [0.29, 0.717) is 24.4 Å². The van der Waals surface area contributed by atoms with E-state index in [1.165, 1.54) is 0 Å². The highest BCUT2D eigenvalue weighted by molar-refractivity contribution is 6.40. The summed E-state index contributed by atoms with van der Waals surface area (Å²) >= 11 is 0. The number of aromatic nitrogens is 3. The van der Waals surface area contributed by atoms with Gasteiger partial charge in [0.2, 0.25) is 5.91 Å². The summed E-state index contributed by atoms with van der Waals surface area (Å²) in [4.78, 5) is 48.2. The van der Waals surface area contributed by atoms with Gasteiger partial charge < -0.3 is 19.9 Å². The number of pyridine rings is 1. The quantitative estimate of drug-likeness (QED) is 0.516. The zero-order valence-electron chi connectivity index (χ0n) is 22.4. The largest absolute Gasteiger partial charge is 0.356 e. The van der Waals surface area contributed by atoms with Gasteiger partial charge in [-0.1, -0.05) is 37.3 Å². The second-order valence-electron chi connectivity index (χ2n) is 11.2. The lowest BCUT2D eigenvalue weighted by Gasteiger charge is -2.46. The summed E-state index contributed by atoms with van der Waals surface area (Å²) in [6.07, 6.45) is 9.33. The molecule has 1 aliphatic carbocycles. The van der Waals surface area contributed by atoms with E-state index < -0.39 is 17.9 Å². The van der Waals surface area contributed by atoms with Crippen molar-refractivity contribution in [3.05, 3.63) is 54.5 Å². The summed E-state index contributed by atoms with van der Waals surface area (Å²) in [5.41, 5.74) is 1.67. The standard InChI is InChI=1S/C29H34N6O4/c1-19-17-34(23(20-8-4-3-5-9-20)18-33(19)28(38)29(2)11-12-29)27(37)26(36)32-22-16-30-14-21-15-31-35(25(21)22)24-10-6-7-13-39-24/h3-5,8-9,14-16,19,23-24H,6-7,10-13,17-18H2,1-2H3,(H,32,36)/t19-,23-,24?/m1/s1. The number of benzene rings is 1. The third-order valence-electron chi connectivity index (χ3n) is 8.33. The second kappa shape index (κ2) is 10.1. The van der Waals surface area contributed by atoms with Crippen molar-refractivity contribution in [3.8, 4) is 0 Å². The van der Waals surface area contributed by atoms with Crippen LogP contribution in [-0.2, 0) is 19.1 Å². The molecule has 2 saturated heterocycles. The average Bonchev–Trinajstić information content (AvgIpc) is 3.57. The number of carbonyl (C=O) groups excluding carboxylic acids is 3. The fourth-order valence-electron chi connectivity index (χ4n) is 5.73. The van der Waals surface area contributed by atoms with Gasteiger partial charge in [0.05, 0.1) is 29.6 Å². The molecule has 0 radical (unpaired) electrons. The highest BCUT2D eigenvalue weighted by Gasteiger charge is 2.50. The summed E-state index contributed by atoms with van der Waals surface area (Å²) < 4.78 is 7.70. The second-order valence-corrected chi connectivity index (χ2v) is 11.2. The molecule has 10 heteroatoms. The first kappa shape index (κ1) is 25.5. The third-order valence-corrected chi connectivity index (χ3v) is 8.33. The van der Waals surface area contributed by atoms with Crippen LogP contribution in [0.3, 0.4) is 0 Å². The summed E-state index contributed by atoms with van der Waals surface area (Å²) in [5.74, 6) is -1.26. The van der Waals surface area contributed by atoms with Crippen LogP contribution >= 0.6 is 0 Å². The fourth-order valence-corrected chi connectivity index (χ4v) is 5.73. The molecule has 3 aliphatic rings. The molecule has 3 atom stereocenters. The minimum atomic E-state index is -0.747. The summed E-state index contributed by atoms with van der Waals surface area (Å²) in [7, 11) is 0. The highest BCUT2D eigenvalue weighted by atomic mass is 16.5. The Morgan fingerprint density at radius 3 is 2.54 bits per heavy atom. The number of rotatable bonds is 4. The van der Waals surface area contributed by atoms with Gasteiger partial charge in [-0.05, 0) is 44.6 Å². The lowest BCUT2D eigenvalue weighted by molar-refractivity contribution is -0.153. The number of carbonyl (C=O) groups is 3. The van der Waals surface area contributed by atoms with Crippen LogP contribution in [0.1, 0.15) is 63.8 Å². The molecule has 1 unspecified atom stereocenters. The smallest absolute Gasteiger partial charge is 0.314 e. The molecule has 39 heavy (non-hydrogen) atoms. The number of hydrogen-bond donors (Lipinski definition) is 1. The van der Waals surface area contributed by atoms with E-state index in [4.69, 9.17) is 4.74 Å². The minimum absolute atomic E-state index is 0.128. The Bertz CT molecular complexity index is 1400. The van der Waals surface area contributed by atoms with Gasteiger partial charge in [-0.15, -0.1) is 0 Å². The molecular formula is C29H34N6O4. The van der Waals surface area contributed by atoms with Crippen LogP contribution in [-0.4, -0.2) is 68.0 Å². The lowest BCUT2D eigenvalue weighted by atomic mass is 9.97. The van der Waals surface area contributed by atoms with Crippen molar-refractivity contribution in [2.75, 3.05) is 25.0 Å². The summed E-state index contributed by atoms with van der Waals surface area (Å²) in [5, 5.41) is 8.07. The van der Waals surface area contributed by atoms with E-state index in [2.05, 4.69) is 15.4 Å². The molecule has 1 N–H and O–H groups in total. The molecule has 204 valence electrons. The van der Waals surface area contributed by atoms with Crippen molar-refractivity contribution in [3.63, 3.8) is 0 Å². The van der Waals surface area contributed by atoms with Gasteiger partial charge in [-0.25, -0.2) is 4.68 Å². The van der Waals surface area contributed by atoms with E-state index in [9.17, 15) is 14.4 Å². The Morgan fingerprint density at radius 2 is 1.82 bits per heavy atom. The molecule has 1 saturated carbocycles. The first-order valence-electron chi connectivity index (χ1n) is 13.8. The molecule has 0 bridgehead atoms. The maximum atomic E-state index is 13.7. The van der Waals surface area contributed by atoms with Crippen LogP contribution in [0.25, 0.3) is 10.9 Å². The Kier molecular flexibility index (Phi) is 6.58. The molecule has 2 aliphatic heterocycles. The molecule has 3 aromatic rings. The maximum absolute atomic E-state index is 13.7. The van der Waals surface area contributed by atoms with Crippen molar-refractivity contribution in [2.45, 2.75) is 64.3 Å². The maximum Gasteiger partial charge on any atom is 0.314 e. The van der Waals surface area contributed by atoms with Crippen molar-refractivity contribution < 1.29 is 19.1 Å². The average molecular weight is 531 g/mol. The monoisotopic (exact) mass is 530 g/mol. The molecule has 3 amide bonds. The van der Waals surface area contributed by atoms with Crippen molar-refractivity contribution >= 4 is 34.3 Å². The third kappa shape index (κ3) is 4.78. The number of anilines is 1. The van der Waals surface area contributed by atoms with Gasteiger partial charge in [0.1, 0.15) is 0 Å². The van der Waals surface area contributed by atoms with Crippen LogP contribution in [0, 0.1) is 5.41 Å². The zero-order chi connectivity index (χ0) is 27.1. The number of nitrogens with zero attached hydrogens (tertiary/aromatic N) is 5. The summed E-state index contributed by atoms with van der Waals surface area (Å²) in [6, 6.07) is 8.97. The Hall–Kier alpha value is -3.79. The normalized spacial score (nSPS) is 24.4. The molecule has 10 nitrogen and oxygen atoms in total. The highest BCUT2D eigenvalue weighted by Crippen LogP contribution is 2.47. The van der Waals surface area contributed by atoms with Gasteiger partial charge >= 0.3 is 11.8 Å². The van der Waals surface area contributed by atoms with E-state index in [1.54, 1.807) is 28.2 Å². The number of amides is 3. The Balaban J connectivity index is 1.27. The number of nitrogens with one attached hydrogen (secondary N) is 1. The predicted molar refractivity (Wildman–Crippen MR) is 144 cm³/mol. The van der Waals surface area contributed by atoms with Gasteiger partial charge in [0.25, 0.3) is 0 Å². The predicted octanol–water partition coefficient (Wildman–Crippen LogP) is 3.67. The summed E-state index contributed by atoms with van der Waals surface area (Å²) in [6.45, 7) is 5.22. The van der Waals surface area contributed by atoms with Crippen LogP contribution in [0.15, 0.2) is 48.9 Å². The van der Waals surface area contributed by atoms with Crippen LogP contribution in [0.2, 0.25) is 0 Å². The van der Waals surface area contributed by atoms with Crippen molar-refractivity contribution in [1.82, 2.24) is 24.6 Å². The van der Waals surface area contributed by atoms with Crippen LogP contribution in [0.4, 0.5) is 5.69 Å². The fraction of sp³-hybridized carbons (Fsp3) is 0.483. The van der Waals surface area contributed by atoms with Crippen molar-refractivity contribution in [1.29, 1.82) is 0 Å². The first-order valence-corrected chi connectivity index (χ1v) is 13.8. The zero-order valence-corrected chi connectivity index (χ0v) is 22.4. The van der Waals surface area contributed by atoms with Gasteiger partial charge in [0, 0.05) is 42.7 Å². The van der Waals surface area contributed by atoms with Crippen LogP contribution in [0.5, 0.6) is 0 Å². The molecule has 3 fully saturated rings. The SMILES string of the molecule is C[C@@H]1CN(C(=O)C(=O)Nc2cncc3cnn(C4CCCCO4)c23)[C@@H](c2ccccc2)CN1C(=O)C1(C)CC1. The Labute approximate surface area is 227 Å². The van der Waals surface area contributed by atoms with Gasteiger partial charge in [-0.2, -0.15) is 5.10 Å². The van der Waals surface area contributed by atoms with Gasteiger partial charge in [0.15, 0.2) is 6.23 Å².